The van der Waals surface area contributed by atoms with E-state index in [1.54, 1.807) is 16.8 Å². The number of aliphatic hydroxyl groups is 1. The van der Waals surface area contributed by atoms with Gasteiger partial charge in [-0.15, -0.1) is 0 Å². The van der Waals surface area contributed by atoms with Crippen LogP contribution in [0.15, 0.2) is 23.1 Å². The van der Waals surface area contributed by atoms with Gasteiger partial charge in [-0.25, -0.2) is 0 Å². The first-order valence-electron chi connectivity index (χ1n) is 5.81. The summed E-state index contributed by atoms with van der Waals surface area (Å²) in [7, 11) is 1.96. The molecular weight excluding hydrogens is 218 g/mol. The number of pyridine rings is 1. The number of hydrogen-bond donors (Lipinski definition) is 2. The van der Waals surface area contributed by atoms with Gasteiger partial charge in [0.1, 0.15) is 0 Å². The number of nitrogen functional groups attached to an aromatic ring is 1. The molecule has 0 spiro atoms. The Kier molecular flexibility index (Phi) is 5.18. The number of aromatic nitrogens is 1. The van der Waals surface area contributed by atoms with Gasteiger partial charge in [0.25, 0.3) is 5.56 Å². The average Bonchev–Trinajstić information content (AvgIpc) is 2.32. The lowest BCUT2D eigenvalue weighted by molar-refractivity contribution is 0.156. The van der Waals surface area contributed by atoms with Crippen LogP contribution in [0.4, 0.5) is 5.69 Å². The average molecular weight is 239 g/mol. The highest BCUT2D eigenvalue weighted by Gasteiger charge is 2.06. The van der Waals surface area contributed by atoms with E-state index in [9.17, 15) is 4.79 Å². The Morgan fingerprint density at radius 1 is 1.53 bits per heavy atom. The molecule has 0 saturated heterocycles. The first kappa shape index (κ1) is 13.7. The van der Waals surface area contributed by atoms with Crippen LogP contribution in [0.5, 0.6) is 0 Å². The molecule has 5 nitrogen and oxygen atoms in total. The molecule has 5 heteroatoms. The van der Waals surface area contributed by atoms with E-state index in [1.165, 1.54) is 6.07 Å². The second-order valence-corrected chi connectivity index (χ2v) is 4.36. The van der Waals surface area contributed by atoms with Gasteiger partial charge in [-0.2, -0.15) is 0 Å². The molecule has 1 atom stereocenters. The van der Waals surface area contributed by atoms with Crippen molar-refractivity contribution in [2.75, 3.05) is 25.9 Å². The molecule has 17 heavy (non-hydrogen) atoms. The van der Waals surface area contributed by atoms with E-state index in [4.69, 9.17) is 10.8 Å². The highest BCUT2D eigenvalue weighted by molar-refractivity contribution is 5.33. The SMILES string of the molecule is CC(CO)N(C)CCCn1cc(N)ccc1=O. The largest absolute Gasteiger partial charge is 0.398 e. The lowest BCUT2D eigenvalue weighted by Gasteiger charge is -2.22. The molecule has 0 saturated carbocycles. The monoisotopic (exact) mass is 239 g/mol. The summed E-state index contributed by atoms with van der Waals surface area (Å²) in [4.78, 5) is 13.6. The van der Waals surface area contributed by atoms with Crippen molar-refractivity contribution in [2.45, 2.75) is 25.9 Å². The predicted octanol–water partition coefficient (Wildman–Crippen LogP) is 0.133. The first-order chi connectivity index (χ1) is 8.04. The molecule has 1 aromatic heterocycles. The van der Waals surface area contributed by atoms with Crippen molar-refractivity contribution in [1.82, 2.24) is 9.47 Å². The summed E-state index contributed by atoms with van der Waals surface area (Å²) in [6, 6.07) is 3.24. The van der Waals surface area contributed by atoms with Gasteiger partial charge in [-0.1, -0.05) is 0 Å². The highest BCUT2D eigenvalue weighted by atomic mass is 16.3. The third-order valence-electron chi connectivity index (χ3n) is 2.93. The van der Waals surface area contributed by atoms with Gasteiger partial charge in [0, 0.05) is 30.5 Å². The normalized spacial score (nSPS) is 12.9. The van der Waals surface area contributed by atoms with E-state index < -0.39 is 0 Å². The smallest absolute Gasteiger partial charge is 0.250 e. The molecule has 0 radical (unpaired) electrons. The molecule has 3 N–H and O–H groups in total. The van der Waals surface area contributed by atoms with E-state index in [0.29, 0.717) is 12.2 Å². The molecule has 1 heterocycles. The Hall–Kier alpha value is -1.33. The zero-order valence-corrected chi connectivity index (χ0v) is 10.5. The van der Waals surface area contributed by atoms with Crippen molar-refractivity contribution in [3.05, 3.63) is 28.7 Å². The molecular formula is C12H21N3O2. The van der Waals surface area contributed by atoms with Crippen molar-refractivity contribution < 1.29 is 5.11 Å². The number of aliphatic hydroxyl groups excluding tert-OH is 1. The molecule has 0 aliphatic carbocycles. The van der Waals surface area contributed by atoms with Gasteiger partial charge in [0.05, 0.1) is 6.61 Å². The molecule has 0 amide bonds. The van der Waals surface area contributed by atoms with Crippen LogP contribution in [-0.4, -0.2) is 40.8 Å². The summed E-state index contributed by atoms with van der Waals surface area (Å²) in [5, 5.41) is 8.99. The predicted molar refractivity (Wildman–Crippen MR) is 68.9 cm³/mol. The summed E-state index contributed by atoms with van der Waals surface area (Å²) in [6.45, 7) is 3.59. The van der Waals surface area contributed by atoms with Crippen LogP contribution in [0.2, 0.25) is 0 Å². The van der Waals surface area contributed by atoms with Crippen LogP contribution in [-0.2, 0) is 6.54 Å². The fourth-order valence-corrected chi connectivity index (χ4v) is 1.57. The van der Waals surface area contributed by atoms with Gasteiger partial charge in [0.2, 0.25) is 0 Å². The topological polar surface area (TPSA) is 71.5 Å². The van der Waals surface area contributed by atoms with Crippen molar-refractivity contribution in [2.24, 2.45) is 0 Å². The zero-order valence-electron chi connectivity index (χ0n) is 10.5. The first-order valence-corrected chi connectivity index (χ1v) is 5.81. The summed E-state index contributed by atoms with van der Waals surface area (Å²) < 4.78 is 1.62. The minimum atomic E-state index is -0.0305. The Morgan fingerprint density at radius 2 is 2.24 bits per heavy atom. The standard InChI is InChI=1S/C12H21N3O2/c1-10(9-16)14(2)6-3-7-15-8-11(13)4-5-12(15)17/h4-5,8,10,16H,3,6-7,9,13H2,1-2H3. The van der Waals surface area contributed by atoms with Crippen molar-refractivity contribution in [1.29, 1.82) is 0 Å². The number of anilines is 1. The van der Waals surface area contributed by atoms with Gasteiger partial charge in [0.15, 0.2) is 0 Å². The second-order valence-electron chi connectivity index (χ2n) is 4.36. The van der Waals surface area contributed by atoms with Crippen LogP contribution in [0.1, 0.15) is 13.3 Å². The lowest BCUT2D eigenvalue weighted by atomic mass is 10.3. The van der Waals surface area contributed by atoms with E-state index in [0.717, 1.165) is 13.0 Å². The van der Waals surface area contributed by atoms with E-state index in [1.807, 2.05) is 14.0 Å². The number of rotatable bonds is 6. The molecule has 0 aliphatic rings. The van der Waals surface area contributed by atoms with Crippen LogP contribution in [0, 0.1) is 0 Å². The highest BCUT2D eigenvalue weighted by Crippen LogP contribution is 2.00. The third kappa shape index (κ3) is 4.20. The number of likely N-dealkylation sites (N-methyl/N-ethyl adjacent to an activating group) is 1. The number of nitrogens with zero attached hydrogens (tertiary/aromatic N) is 2. The zero-order chi connectivity index (χ0) is 12.8. The third-order valence-corrected chi connectivity index (χ3v) is 2.93. The maximum atomic E-state index is 11.5. The number of aryl methyl sites for hydroxylation is 1. The van der Waals surface area contributed by atoms with Gasteiger partial charge >= 0.3 is 0 Å². The molecule has 1 aromatic rings. The van der Waals surface area contributed by atoms with Crippen LogP contribution in [0.3, 0.4) is 0 Å². The van der Waals surface area contributed by atoms with E-state index in [-0.39, 0.29) is 18.2 Å². The second kappa shape index (κ2) is 6.42. The number of nitrogens with two attached hydrogens (primary N) is 1. The van der Waals surface area contributed by atoms with E-state index >= 15 is 0 Å². The Bertz CT molecular complexity index is 403. The Labute approximate surface area is 101 Å². The Balaban J connectivity index is 2.46. The molecule has 1 rings (SSSR count). The van der Waals surface area contributed by atoms with Crippen LogP contribution < -0.4 is 11.3 Å². The maximum Gasteiger partial charge on any atom is 0.250 e. The minimum absolute atomic E-state index is 0.0305. The maximum absolute atomic E-state index is 11.5. The van der Waals surface area contributed by atoms with Gasteiger partial charge < -0.3 is 20.3 Å². The summed E-state index contributed by atoms with van der Waals surface area (Å²) in [5.41, 5.74) is 6.19. The summed E-state index contributed by atoms with van der Waals surface area (Å²) in [5.74, 6) is 0. The fraction of sp³-hybridized carbons (Fsp3) is 0.583. The van der Waals surface area contributed by atoms with Crippen molar-refractivity contribution >= 4 is 5.69 Å². The molecule has 0 fully saturated rings. The fourth-order valence-electron chi connectivity index (χ4n) is 1.57. The van der Waals surface area contributed by atoms with E-state index in [2.05, 4.69) is 4.90 Å². The quantitative estimate of drug-likeness (QED) is 0.740. The van der Waals surface area contributed by atoms with Gasteiger partial charge in [-0.3, -0.25) is 4.79 Å². The van der Waals surface area contributed by atoms with Crippen LogP contribution >= 0.6 is 0 Å². The molecule has 96 valence electrons. The van der Waals surface area contributed by atoms with Crippen LogP contribution in [0.25, 0.3) is 0 Å². The number of hydrogen-bond acceptors (Lipinski definition) is 4. The minimum Gasteiger partial charge on any atom is -0.398 e. The summed E-state index contributed by atoms with van der Waals surface area (Å²) in [6.07, 6.45) is 2.52. The van der Waals surface area contributed by atoms with Gasteiger partial charge in [-0.05, 0) is 33.0 Å². The molecule has 0 bridgehead atoms. The molecule has 0 aromatic carbocycles. The Morgan fingerprint density at radius 3 is 2.88 bits per heavy atom. The molecule has 1 unspecified atom stereocenters. The lowest BCUT2D eigenvalue weighted by Crippen LogP contribution is -2.33. The molecule has 0 aliphatic heterocycles. The summed E-state index contributed by atoms with van der Waals surface area (Å²) >= 11 is 0. The van der Waals surface area contributed by atoms with Crippen molar-refractivity contribution in [3.8, 4) is 0 Å². The van der Waals surface area contributed by atoms with Crippen molar-refractivity contribution in [3.63, 3.8) is 0 Å².